The zero-order valence-electron chi connectivity index (χ0n) is 14.9. The summed E-state index contributed by atoms with van der Waals surface area (Å²) in [5.74, 6) is 0.788. The van der Waals surface area contributed by atoms with Crippen LogP contribution in [-0.4, -0.2) is 43.8 Å². The van der Waals surface area contributed by atoms with Crippen molar-refractivity contribution in [2.24, 2.45) is 0 Å². The van der Waals surface area contributed by atoms with E-state index in [1.807, 2.05) is 42.5 Å². The van der Waals surface area contributed by atoms with Gasteiger partial charge in [-0.25, -0.2) is 0 Å². The number of nitro groups is 1. The summed E-state index contributed by atoms with van der Waals surface area (Å²) in [6.07, 6.45) is 0. The highest BCUT2D eigenvalue weighted by atomic mass is 16.6. The lowest BCUT2D eigenvalue weighted by Crippen LogP contribution is -2.94. The number of nitro benzene ring substituents is 1. The van der Waals surface area contributed by atoms with Gasteiger partial charge < -0.3 is 20.3 Å². The maximum Gasteiger partial charge on any atom is 0.292 e. The summed E-state index contributed by atoms with van der Waals surface area (Å²) in [4.78, 5) is 13.3. The van der Waals surface area contributed by atoms with Crippen LogP contribution in [0.1, 0.15) is 6.92 Å². The summed E-state index contributed by atoms with van der Waals surface area (Å²) in [7, 11) is 0. The number of anilines is 2. The van der Waals surface area contributed by atoms with Gasteiger partial charge in [0, 0.05) is 18.3 Å². The SMILES string of the molecule is C[C@H]1CN(c2ccc([N+](=O)[O-])c(NCCOc3ccccc3)c2)CC[NH2+]1. The van der Waals surface area contributed by atoms with Crippen LogP contribution < -0.4 is 20.3 Å². The number of quaternary nitrogens is 1. The fourth-order valence-corrected chi connectivity index (χ4v) is 3.16. The molecule has 0 unspecified atom stereocenters. The van der Waals surface area contributed by atoms with E-state index in [0.717, 1.165) is 31.1 Å². The molecular weight excluding hydrogens is 332 g/mol. The first-order valence-corrected chi connectivity index (χ1v) is 8.92. The van der Waals surface area contributed by atoms with E-state index in [-0.39, 0.29) is 10.6 Å². The molecule has 0 amide bonds. The molecule has 7 nitrogen and oxygen atoms in total. The fraction of sp³-hybridized carbons (Fsp3) is 0.368. The molecule has 1 aliphatic heterocycles. The molecule has 1 atom stereocenters. The Labute approximate surface area is 153 Å². The maximum atomic E-state index is 11.3. The first-order valence-electron chi connectivity index (χ1n) is 8.92. The molecular formula is C19H25N4O3+. The van der Waals surface area contributed by atoms with Crippen LogP contribution in [0.4, 0.5) is 17.1 Å². The normalized spacial score (nSPS) is 17.0. The highest BCUT2D eigenvalue weighted by Gasteiger charge is 2.21. The molecule has 0 saturated carbocycles. The number of nitrogens with one attached hydrogen (secondary N) is 1. The zero-order valence-corrected chi connectivity index (χ0v) is 14.9. The molecule has 0 aromatic heterocycles. The van der Waals surface area contributed by atoms with Crippen LogP contribution in [0.3, 0.4) is 0 Å². The molecule has 1 fully saturated rings. The van der Waals surface area contributed by atoms with Crippen molar-refractivity contribution in [1.29, 1.82) is 0 Å². The zero-order chi connectivity index (χ0) is 18.4. The lowest BCUT2D eigenvalue weighted by atomic mass is 10.1. The third-order valence-corrected chi connectivity index (χ3v) is 4.45. The molecule has 2 aromatic carbocycles. The van der Waals surface area contributed by atoms with E-state index in [2.05, 4.69) is 22.5 Å². The number of hydrogen-bond donors (Lipinski definition) is 2. The Morgan fingerprint density at radius 2 is 2.12 bits per heavy atom. The Kier molecular flexibility index (Phi) is 5.91. The number of para-hydroxylation sites is 1. The molecule has 7 heteroatoms. The Balaban J connectivity index is 1.65. The third kappa shape index (κ3) is 4.64. The second-order valence-electron chi connectivity index (χ2n) is 6.49. The third-order valence-electron chi connectivity index (χ3n) is 4.45. The summed E-state index contributed by atoms with van der Waals surface area (Å²) in [6.45, 7) is 6.03. The molecule has 2 aromatic rings. The van der Waals surface area contributed by atoms with Gasteiger partial charge in [0.25, 0.3) is 5.69 Å². The smallest absolute Gasteiger partial charge is 0.292 e. The number of nitrogens with zero attached hydrogens (tertiary/aromatic N) is 2. The quantitative estimate of drug-likeness (QED) is 0.449. The van der Waals surface area contributed by atoms with Gasteiger partial charge in [0.15, 0.2) is 0 Å². The van der Waals surface area contributed by atoms with Gasteiger partial charge in [0.2, 0.25) is 0 Å². The Hall–Kier alpha value is -2.80. The van der Waals surface area contributed by atoms with Crippen molar-refractivity contribution in [3.8, 4) is 5.75 Å². The van der Waals surface area contributed by atoms with E-state index in [0.29, 0.717) is 24.9 Å². The number of hydrogen-bond acceptors (Lipinski definition) is 5. The number of nitrogens with two attached hydrogens (primary N) is 1. The van der Waals surface area contributed by atoms with Gasteiger partial charge in [0.1, 0.15) is 24.1 Å². The van der Waals surface area contributed by atoms with Gasteiger partial charge in [0.05, 0.1) is 24.6 Å². The van der Waals surface area contributed by atoms with E-state index in [1.54, 1.807) is 6.07 Å². The summed E-state index contributed by atoms with van der Waals surface area (Å²) in [5, 5.41) is 16.8. The Bertz CT molecular complexity index is 739. The average Bonchev–Trinajstić information content (AvgIpc) is 2.66. The van der Waals surface area contributed by atoms with Crippen molar-refractivity contribution in [3.05, 3.63) is 58.6 Å². The van der Waals surface area contributed by atoms with Crippen molar-refractivity contribution in [1.82, 2.24) is 0 Å². The molecule has 1 heterocycles. The average molecular weight is 357 g/mol. The number of rotatable bonds is 7. The number of ether oxygens (including phenoxy) is 1. The molecule has 1 saturated heterocycles. The van der Waals surface area contributed by atoms with Crippen LogP contribution in [-0.2, 0) is 0 Å². The van der Waals surface area contributed by atoms with Crippen LogP contribution >= 0.6 is 0 Å². The van der Waals surface area contributed by atoms with Crippen molar-refractivity contribution in [3.63, 3.8) is 0 Å². The maximum absolute atomic E-state index is 11.3. The Morgan fingerprint density at radius 3 is 2.85 bits per heavy atom. The molecule has 26 heavy (non-hydrogen) atoms. The van der Waals surface area contributed by atoms with E-state index >= 15 is 0 Å². The molecule has 0 aliphatic carbocycles. The van der Waals surface area contributed by atoms with Crippen LogP contribution in [0.25, 0.3) is 0 Å². The molecule has 3 rings (SSSR count). The first-order chi connectivity index (χ1) is 12.6. The predicted octanol–water partition coefficient (Wildman–Crippen LogP) is 1.86. The van der Waals surface area contributed by atoms with Crippen LogP contribution in [0.15, 0.2) is 48.5 Å². The van der Waals surface area contributed by atoms with Gasteiger partial charge in [-0.1, -0.05) is 18.2 Å². The lowest BCUT2D eigenvalue weighted by molar-refractivity contribution is -0.687. The van der Waals surface area contributed by atoms with Crippen LogP contribution in [0.2, 0.25) is 0 Å². The van der Waals surface area contributed by atoms with Gasteiger partial charge in [-0.05, 0) is 31.2 Å². The first kappa shape index (κ1) is 18.0. The van der Waals surface area contributed by atoms with Crippen LogP contribution in [0.5, 0.6) is 5.75 Å². The largest absolute Gasteiger partial charge is 0.492 e. The van der Waals surface area contributed by atoms with Gasteiger partial charge in [-0.2, -0.15) is 0 Å². The van der Waals surface area contributed by atoms with Gasteiger partial charge in [-0.3, -0.25) is 10.1 Å². The minimum absolute atomic E-state index is 0.0880. The molecule has 138 valence electrons. The van der Waals surface area contributed by atoms with Crippen molar-refractivity contribution in [2.45, 2.75) is 13.0 Å². The van der Waals surface area contributed by atoms with E-state index in [4.69, 9.17) is 4.74 Å². The minimum Gasteiger partial charge on any atom is -0.492 e. The molecule has 3 N–H and O–H groups in total. The van der Waals surface area contributed by atoms with E-state index in [9.17, 15) is 10.1 Å². The fourth-order valence-electron chi connectivity index (χ4n) is 3.16. The summed E-state index contributed by atoms with van der Waals surface area (Å²) in [6, 6.07) is 15.3. The van der Waals surface area contributed by atoms with Crippen molar-refractivity contribution >= 4 is 17.1 Å². The number of piperazine rings is 1. The van der Waals surface area contributed by atoms with Crippen LogP contribution in [0, 0.1) is 10.1 Å². The topological polar surface area (TPSA) is 84.2 Å². The molecule has 1 aliphatic rings. The second-order valence-corrected chi connectivity index (χ2v) is 6.49. The molecule has 0 radical (unpaired) electrons. The standard InChI is InChI=1S/C19H24N4O3/c1-15-14-22(11-9-20-15)16-7-8-19(23(24)25)18(13-16)21-10-12-26-17-5-3-2-4-6-17/h2-8,13,15,20-21H,9-12,14H2,1H3/p+1/t15-/m0/s1. The summed E-state index contributed by atoms with van der Waals surface area (Å²) >= 11 is 0. The molecule has 0 bridgehead atoms. The van der Waals surface area contributed by atoms with E-state index < -0.39 is 0 Å². The molecule has 0 spiro atoms. The van der Waals surface area contributed by atoms with Crippen molar-refractivity contribution < 1.29 is 15.0 Å². The predicted molar refractivity (Wildman–Crippen MR) is 102 cm³/mol. The lowest BCUT2D eigenvalue weighted by Gasteiger charge is -2.31. The highest BCUT2D eigenvalue weighted by Crippen LogP contribution is 2.29. The highest BCUT2D eigenvalue weighted by molar-refractivity contribution is 5.69. The second kappa shape index (κ2) is 8.53. The van der Waals surface area contributed by atoms with Crippen molar-refractivity contribution in [2.75, 3.05) is 43.0 Å². The summed E-state index contributed by atoms with van der Waals surface area (Å²) < 4.78 is 5.64. The van der Waals surface area contributed by atoms with Gasteiger partial charge in [-0.15, -0.1) is 0 Å². The monoisotopic (exact) mass is 357 g/mol. The summed E-state index contributed by atoms with van der Waals surface area (Å²) in [5.41, 5.74) is 1.64. The number of benzene rings is 2. The van der Waals surface area contributed by atoms with E-state index in [1.165, 1.54) is 0 Å². The van der Waals surface area contributed by atoms with Gasteiger partial charge >= 0.3 is 0 Å². The Morgan fingerprint density at radius 1 is 1.31 bits per heavy atom. The minimum atomic E-state index is -0.350.